The van der Waals surface area contributed by atoms with E-state index in [9.17, 15) is 4.39 Å². The van der Waals surface area contributed by atoms with Gasteiger partial charge in [0, 0.05) is 12.0 Å². The van der Waals surface area contributed by atoms with E-state index in [4.69, 9.17) is 5.73 Å². The molecule has 0 amide bonds. The third-order valence-corrected chi connectivity index (χ3v) is 3.71. The van der Waals surface area contributed by atoms with Crippen LogP contribution in [-0.2, 0) is 5.41 Å². The first-order valence-corrected chi connectivity index (χ1v) is 5.65. The Hall–Kier alpha value is -0.890. The summed E-state index contributed by atoms with van der Waals surface area (Å²) in [5.74, 6) is -0.0511. The Balaban J connectivity index is 2.47. The molecule has 1 saturated carbocycles. The second-order valence-corrected chi connectivity index (χ2v) is 4.63. The van der Waals surface area contributed by atoms with Gasteiger partial charge in [-0.05, 0) is 30.9 Å². The predicted molar refractivity (Wildman–Crippen MR) is 60.3 cm³/mol. The van der Waals surface area contributed by atoms with Gasteiger partial charge in [0.05, 0.1) is 0 Å². The van der Waals surface area contributed by atoms with E-state index in [1.165, 1.54) is 12.8 Å². The van der Waals surface area contributed by atoms with Gasteiger partial charge in [0.25, 0.3) is 0 Å². The van der Waals surface area contributed by atoms with E-state index >= 15 is 0 Å². The molecule has 0 spiro atoms. The van der Waals surface area contributed by atoms with Crippen molar-refractivity contribution in [2.75, 3.05) is 6.54 Å². The summed E-state index contributed by atoms with van der Waals surface area (Å²) in [6.07, 6.45) is 4.41. The Kier molecular flexibility index (Phi) is 2.79. The summed E-state index contributed by atoms with van der Waals surface area (Å²) >= 11 is 0. The first-order valence-electron chi connectivity index (χ1n) is 5.65. The van der Waals surface area contributed by atoms with Crippen molar-refractivity contribution in [2.24, 2.45) is 5.73 Å². The van der Waals surface area contributed by atoms with Crippen LogP contribution in [0.4, 0.5) is 4.39 Å². The van der Waals surface area contributed by atoms with Gasteiger partial charge in [0.1, 0.15) is 5.82 Å². The van der Waals surface area contributed by atoms with E-state index in [-0.39, 0.29) is 11.2 Å². The fraction of sp³-hybridized carbons (Fsp3) is 0.538. The van der Waals surface area contributed by atoms with Crippen LogP contribution >= 0.6 is 0 Å². The average molecular weight is 207 g/mol. The third-order valence-electron chi connectivity index (χ3n) is 3.71. The number of hydrogen-bond donors (Lipinski definition) is 1. The molecule has 0 aliphatic heterocycles. The molecule has 82 valence electrons. The zero-order valence-electron chi connectivity index (χ0n) is 9.22. The highest BCUT2D eigenvalue weighted by Gasteiger charge is 2.36. The van der Waals surface area contributed by atoms with E-state index < -0.39 is 0 Å². The van der Waals surface area contributed by atoms with Crippen molar-refractivity contribution >= 4 is 0 Å². The van der Waals surface area contributed by atoms with Crippen molar-refractivity contribution in [2.45, 2.75) is 38.0 Å². The Morgan fingerprint density at radius 3 is 2.60 bits per heavy atom. The molecule has 1 fully saturated rings. The van der Waals surface area contributed by atoms with E-state index in [0.717, 1.165) is 24.0 Å². The number of benzene rings is 1. The number of nitrogens with two attached hydrogens (primary N) is 1. The van der Waals surface area contributed by atoms with Crippen LogP contribution in [0.15, 0.2) is 18.2 Å². The molecule has 1 aromatic carbocycles. The molecule has 0 atom stereocenters. The molecule has 1 aliphatic carbocycles. The topological polar surface area (TPSA) is 26.0 Å². The molecule has 1 nitrogen and oxygen atoms in total. The van der Waals surface area contributed by atoms with Gasteiger partial charge in [-0.25, -0.2) is 4.39 Å². The Morgan fingerprint density at radius 1 is 1.33 bits per heavy atom. The second kappa shape index (κ2) is 3.93. The molecule has 0 radical (unpaired) electrons. The van der Waals surface area contributed by atoms with Crippen LogP contribution < -0.4 is 5.73 Å². The smallest absolute Gasteiger partial charge is 0.129 e. The third kappa shape index (κ3) is 1.67. The van der Waals surface area contributed by atoms with Gasteiger partial charge in [0.15, 0.2) is 0 Å². The maximum Gasteiger partial charge on any atom is 0.129 e. The highest BCUT2D eigenvalue weighted by molar-refractivity contribution is 5.33. The normalized spacial score (nSPS) is 19.4. The average Bonchev–Trinajstić information content (AvgIpc) is 2.72. The summed E-state index contributed by atoms with van der Waals surface area (Å²) in [6, 6.07) is 5.65. The molecule has 1 aromatic rings. The highest BCUT2D eigenvalue weighted by atomic mass is 19.1. The van der Waals surface area contributed by atoms with Crippen molar-refractivity contribution in [1.82, 2.24) is 0 Å². The molecule has 0 unspecified atom stereocenters. The van der Waals surface area contributed by atoms with Crippen LogP contribution in [0.25, 0.3) is 0 Å². The fourth-order valence-electron chi connectivity index (χ4n) is 2.69. The molecular formula is C13H18FN. The zero-order chi connectivity index (χ0) is 10.9. The van der Waals surface area contributed by atoms with Gasteiger partial charge in [-0.1, -0.05) is 31.0 Å². The Bertz CT molecular complexity index is 354. The standard InChI is InChI=1S/C13H18FN/c1-10-5-4-6-11(12(10)14)13(9-15)7-2-3-8-13/h4-6H,2-3,7-9,15H2,1H3. The molecule has 0 aromatic heterocycles. The molecule has 1 aliphatic rings. The maximum atomic E-state index is 14.0. The lowest BCUT2D eigenvalue weighted by Crippen LogP contribution is -2.33. The quantitative estimate of drug-likeness (QED) is 0.792. The lowest BCUT2D eigenvalue weighted by molar-refractivity contribution is 0.425. The number of halogens is 1. The minimum Gasteiger partial charge on any atom is -0.330 e. The van der Waals surface area contributed by atoms with Crippen LogP contribution in [0.3, 0.4) is 0 Å². The first-order chi connectivity index (χ1) is 7.19. The SMILES string of the molecule is Cc1cccc(C2(CN)CCCC2)c1F. The lowest BCUT2D eigenvalue weighted by Gasteiger charge is -2.28. The van der Waals surface area contributed by atoms with Gasteiger partial charge in [-0.3, -0.25) is 0 Å². The van der Waals surface area contributed by atoms with Crippen molar-refractivity contribution < 1.29 is 4.39 Å². The Labute approximate surface area is 90.5 Å². The van der Waals surface area contributed by atoms with E-state index in [1.54, 1.807) is 0 Å². The summed E-state index contributed by atoms with van der Waals surface area (Å²) in [6.45, 7) is 2.38. The van der Waals surface area contributed by atoms with Crippen molar-refractivity contribution in [3.63, 3.8) is 0 Å². The second-order valence-electron chi connectivity index (χ2n) is 4.63. The Morgan fingerprint density at radius 2 is 2.00 bits per heavy atom. The van der Waals surface area contributed by atoms with Crippen molar-refractivity contribution in [3.05, 3.63) is 35.1 Å². The van der Waals surface area contributed by atoms with Crippen molar-refractivity contribution in [1.29, 1.82) is 0 Å². The molecule has 0 saturated heterocycles. The van der Waals surface area contributed by atoms with Gasteiger partial charge < -0.3 is 5.73 Å². The van der Waals surface area contributed by atoms with Gasteiger partial charge in [-0.15, -0.1) is 0 Å². The first kappa shape index (κ1) is 10.6. The van der Waals surface area contributed by atoms with Crippen LogP contribution in [0.1, 0.15) is 36.8 Å². The molecular weight excluding hydrogens is 189 g/mol. The van der Waals surface area contributed by atoms with Gasteiger partial charge >= 0.3 is 0 Å². The number of aryl methyl sites for hydroxylation is 1. The summed E-state index contributed by atoms with van der Waals surface area (Å²) in [5.41, 5.74) is 7.33. The van der Waals surface area contributed by atoms with Crippen LogP contribution in [0, 0.1) is 12.7 Å². The molecule has 2 rings (SSSR count). The van der Waals surface area contributed by atoms with E-state index in [2.05, 4.69) is 0 Å². The summed E-state index contributed by atoms with van der Waals surface area (Å²) in [4.78, 5) is 0. The minimum atomic E-state index is -0.0872. The van der Waals surface area contributed by atoms with Gasteiger partial charge in [-0.2, -0.15) is 0 Å². The molecule has 2 N–H and O–H groups in total. The summed E-state index contributed by atoms with van der Waals surface area (Å²) < 4.78 is 14.0. The van der Waals surface area contributed by atoms with Crippen LogP contribution in [-0.4, -0.2) is 6.54 Å². The monoisotopic (exact) mass is 207 g/mol. The molecule has 2 heteroatoms. The summed E-state index contributed by atoms with van der Waals surface area (Å²) in [5, 5.41) is 0. The molecule has 0 bridgehead atoms. The predicted octanol–water partition coefficient (Wildman–Crippen LogP) is 2.90. The number of hydrogen-bond acceptors (Lipinski definition) is 1. The lowest BCUT2D eigenvalue weighted by atomic mass is 9.78. The summed E-state index contributed by atoms with van der Waals surface area (Å²) in [7, 11) is 0. The zero-order valence-corrected chi connectivity index (χ0v) is 9.22. The molecule has 15 heavy (non-hydrogen) atoms. The van der Waals surface area contributed by atoms with Gasteiger partial charge in [0.2, 0.25) is 0 Å². The van der Waals surface area contributed by atoms with Crippen LogP contribution in [0.2, 0.25) is 0 Å². The van der Waals surface area contributed by atoms with E-state index in [0.29, 0.717) is 6.54 Å². The molecule has 0 heterocycles. The van der Waals surface area contributed by atoms with Crippen molar-refractivity contribution in [3.8, 4) is 0 Å². The van der Waals surface area contributed by atoms with E-state index in [1.807, 2.05) is 25.1 Å². The minimum absolute atomic E-state index is 0.0511. The van der Waals surface area contributed by atoms with Crippen LogP contribution in [0.5, 0.6) is 0 Å². The highest BCUT2D eigenvalue weighted by Crippen LogP contribution is 2.41. The fourth-order valence-corrected chi connectivity index (χ4v) is 2.69. The largest absolute Gasteiger partial charge is 0.330 e. The maximum absolute atomic E-state index is 14.0. The number of rotatable bonds is 2.